The fourth-order valence-corrected chi connectivity index (χ4v) is 4.58. The number of rotatable bonds is 4. The highest BCUT2D eigenvalue weighted by Gasteiger charge is 2.32. The maximum atomic E-state index is 11.7. The first-order valence-corrected chi connectivity index (χ1v) is 8.96. The number of nitrogens with zero attached hydrogens (tertiary/aromatic N) is 3. The van der Waals surface area contributed by atoms with Crippen LogP contribution in [0.1, 0.15) is 0 Å². The van der Waals surface area contributed by atoms with E-state index in [0.29, 0.717) is 12.5 Å². The van der Waals surface area contributed by atoms with E-state index < -0.39 is 30.8 Å². The van der Waals surface area contributed by atoms with E-state index in [2.05, 4.69) is 5.16 Å². The van der Waals surface area contributed by atoms with Gasteiger partial charge >= 0.3 is 0 Å². The van der Waals surface area contributed by atoms with E-state index in [4.69, 9.17) is 4.52 Å². The topological polar surface area (TPSA) is 141 Å². The van der Waals surface area contributed by atoms with Gasteiger partial charge in [-0.3, -0.25) is 10.1 Å². The Morgan fingerprint density at radius 2 is 1.76 bits per heavy atom. The van der Waals surface area contributed by atoms with Gasteiger partial charge in [0.1, 0.15) is 0 Å². The number of fused-ring (bicyclic) bond motifs is 1. The summed E-state index contributed by atoms with van der Waals surface area (Å²) in [6.07, 6.45) is 1.35. The molecule has 0 fully saturated rings. The largest absolute Gasteiger partial charge is 0.354 e. The average molecular weight is 335 g/mol. The summed E-state index contributed by atoms with van der Waals surface area (Å²) in [7, 11) is -8.43. The van der Waals surface area contributed by atoms with Crippen LogP contribution in [0, 0.1) is 10.1 Å². The second-order valence-electron chi connectivity index (χ2n) is 4.17. The number of non-ortho nitro benzene ring substituents is 1. The predicted octanol–water partition coefficient (Wildman–Crippen LogP) is 0.462. The summed E-state index contributed by atoms with van der Waals surface area (Å²) in [6, 6.07) is 3.32. The summed E-state index contributed by atoms with van der Waals surface area (Å²) < 4.78 is 51.6. The Morgan fingerprint density at radius 1 is 1.19 bits per heavy atom. The van der Waals surface area contributed by atoms with Crippen LogP contribution in [-0.4, -0.2) is 39.4 Å². The van der Waals surface area contributed by atoms with Crippen molar-refractivity contribution in [1.29, 1.82) is 0 Å². The van der Waals surface area contributed by atoms with Gasteiger partial charge in [0, 0.05) is 12.1 Å². The molecule has 0 unspecified atom stereocenters. The van der Waals surface area contributed by atoms with Crippen molar-refractivity contribution in [3.63, 3.8) is 0 Å². The van der Waals surface area contributed by atoms with Crippen molar-refractivity contribution in [1.82, 2.24) is 5.16 Å². The van der Waals surface area contributed by atoms with Gasteiger partial charge in [0.25, 0.3) is 5.69 Å². The Hall–Kier alpha value is -2.21. The quantitative estimate of drug-likeness (QED) is 0.579. The zero-order valence-electron chi connectivity index (χ0n) is 10.7. The number of hydrogen-bond donors (Lipinski definition) is 0. The molecule has 114 valence electrons. The van der Waals surface area contributed by atoms with E-state index in [1.807, 2.05) is 0 Å². The van der Waals surface area contributed by atoms with Gasteiger partial charge in [0.2, 0.25) is 25.9 Å². The van der Waals surface area contributed by atoms with Crippen LogP contribution in [0.2, 0.25) is 0 Å². The highest BCUT2D eigenvalue weighted by atomic mass is 32.3. The Morgan fingerprint density at radius 3 is 2.24 bits per heavy atom. The summed E-state index contributed by atoms with van der Waals surface area (Å²) in [6.45, 7) is 0. The van der Waals surface area contributed by atoms with Crippen molar-refractivity contribution >= 4 is 42.5 Å². The van der Waals surface area contributed by atoms with Gasteiger partial charge in [-0.2, -0.15) is 0 Å². The zero-order chi connectivity index (χ0) is 16.0. The van der Waals surface area contributed by atoms with E-state index in [9.17, 15) is 26.9 Å². The van der Waals surface area contributed by atoms with Crippen molar-refractivity contribution in [2.24, 2.45) is 0 Å². The van der Waals surface area contributed by atoms with Gasteiger partial charge in [-0.25, -0.2) is 16.8 Å². The molecule has 21 heavy (non-hydrogen) atoms. The van der Waals surface area contributed by atoms with Crippen LogP contribution in [0.4, 0.5) is 11.5 Å². The molecule has 0 saturated heterocycles. The number of nitro groups is 1. The molecule has 0 atom stereocenters. The second-order valence-corrected chi connectivity index (χ2v) is 8.06. The Labute approximate surface area is 119 Å². The second kappa shape index (κ2) is 4.66. The lowest BCUT2D eigenvalue weighted by atomic mass is 10.2. The molecule has 0 saturated carbocycles. The van der Waals surface area contributed by atoms with Crippen LogP contribution in [0.3, 0.4) is 0 Å². The number of sulfonamides is 2. The molecule has 2 aromatic rings. The summed E-state index contributed by atoms with van der Waals surface area (Å²) in [5.74, 6) is -0.543. The fourth-order valence-electron chi connectivity index (χ4n) is 1.72. The molecule has 1 aromatic heterocycles. The van der Waals surface area contributed by atoms with Gasteiger partial charge in [-0.05, 0) is 6.07 Å². The molecule has 0 spiro atoms. The minimum absolute atomic E-state index is 0.0212. The Kier molecular flexibility index (Phi) is 3.37. The third-order valence-electron chi connectivity index (χ3n) is 2.42. The maximum Gasteiger partial charge on any atom is 0.270 e. The molecule has 10 nitrogen and oxygen atoms in total. The lowest BCUT2D eigenvalue weighted by Gasteiger charge is -2.16. The molecule has 2 rings (SSSR count). The van der Waals surface area contributed by atoms with Crippen molar-refractivity contribution in [2.75, 3.05) is 16.2 Å². The minimum atomic E-state index is -4.22. The van der Waals surface area contributed by atoms with Crippen LogP contribution in [0.15, 0.2) is 22.7 Å². The van der Waals surface area contributed by atoms with Gasteiger partial charge in [-0.15, -0.1) is 3.71 Å². The van der Waals surface area contributed by atoms with Gasteiger partial charge in [0.15, 0.2) is 5.58 Å². The van der Waals surface area contributed by atoms with E-state index >= 15 is 0 Å². The van der Waals surface area contributed by atoms with Crippen LogP contribution in [0.5, 0.6) is 0 Å². The highest BCUT2D eigenvalue weighted by molar-refractivity contribution is 8.09. The summed E-state index contributed by atoms with van der Waals surface area (Å²) in [5.41, 5.74) is -0.332. The fraction of sp³-hybridized carbons (Fsp3) is 0.222. The van der Waals surface area contributed by atoms with Crippen LogP contribution in [-0.2, 0) is 20.0 Å². The molecule has 1 heterocycles. The summed E-state index contributed by atoms with van der Waals surface area (Å²) >= 11 is 0. The third-order valence-corrected chi connectivity index (χ3v) is 5.60. The molecule has 0 aliphatic carbocycles. The molecule has 0 bridgehead atoms. The Balaban J connectivity index is 2.81. The van der Waals surface area contributed by atoms with Crippen molar-refractivity contribution in [3.05, 3.63) is 28.3 Å². The molecule has 0 amide bonds. The summed E-state index contributed by atoms with van der Waals surface area (Å²) in [5, 5.41) is 14.0. The zero-order valence-corrected chi connectivity index (χ0v) is 12.4. The number of anilines is 1. The van der Waals surface area contributed by atoms with E-state index in [0.717, 1.165) is 12.1 Å². The first-order chi connectivity index (χ1) is 9.51. The highest BCUT2D eigenvalue weighted by Crippen LogP contribution is 2.31. The average Bonchev–Trinajstić information content (AvgIpc) is 2.68. The maximum absolute atomic E-state index is 11.7. The molecule has 12 heteroatoms. The molecule has 0 radical (unpaired) electrons. The molecule has 1 aromatic carbocycles. The van der Waals surface area contributed by atoms with Crippen LogP contribution in [0.25, 0.3) is 11.0 Å². The molecule has 0 aliphatic heterocycles. The van der Waals surface area contributed by atoms with Crippen molar-refractivity contribution < 1.29 is 26.3 Å². The molecule has 0 aliphatic rings. The molecular formula is C9H9N3O7S2. The van der Waals surface area contributed by atoms with Gasteiger partial charge in [-0.1, -0.05) is 5.16 Å². The Bertz CT molecular complexity index is 897. The predicted molar refractivity (Wildman–Crippen MR) is 72.8 cm³/mol. The van der Waals surface area contributed by atoms with E-state index in [1.165, 1.54) is 6.07 Å². The smallest absolute Gasteiger partial charge is 0.270 e. The number of nitro benzene ring substituents is 1. The van der Waals surface area contributed by atoms with E-state index in [-0.39, 0.29) is 20.4 Å². The first kappa shape index (κ1) is 15.2. The van der Waals surface area contributed by atoms with Crippen LogP contribution >= 0.6 is 0 Å². The molecule has 0 N–H and O–H groups in total. The third kappa shape index (κ3) is 2.80. The number of aromatic nitrogens is 1. The lowest BCUT2D eigenvalue weighted by Crippen LogP contribution is -2.35. The van der Waals surface area contributed by atoms with Crippen molar-refractivity contribution in [3.8, 4) is 0 Å². The first-order valence-electron chi connectivity index (χ1n) is 5.26. The minimum Gasteiger partial charge on any atom is -0.354 e. The summed E-state index contributed by atoms with van der Waals surface area (Å²) in [4.78, 5) is 10.0. The number of benzene rings is 1. The monoisotopic (exact) mass is 335 g/mol. The SMILES string of the molecule is CS(=O)(=O)N(c1noc2ccc([N+](=O)[O-])cc12)S(C)(=O)=O. The standard InChI is InChI=1S/C9H9N3O7S2/c1-20(15,16)12(21(2,17)18)9-7-5-6(11(13)14)3-4-8(7)19-10-9/h3-5H,1-2H3. The van der Waals surface area contributed by atoms with Gasteiger partial charge < -0.3 is 4.52 Å². The van der Waals surface area contributed by atoms with E-state index in [1.54, 1.807) is 0 Å². The van der Waals surface area contributed by atoms with Crippen molar-refractivity contribution in [2.45, 2.75) is 0 Å². The number of hydrogen-bond acceptors (Lipinski definition) is 8. The lowest BCUT2D eigenvalue weighted by molar-refractivity contribution is -0.384. The van der Waals surface area contributed by atoms with Crippen LogP contribution < -0.4 is 3.71 Å². The van der Waals surface area contributed by atoms with Gasteiger partial charge in [0.05, 0.1) is 22.8 Å². The normalized spacial score (nSPS) is 12.5. The molecular weight excluding hydrogens is 326 g/mol.